The molecule has 0 saturated carbocycles. The van der Waals surface area contributed by atoms with Crippen molar-refractivity contribution in [3.05, 3.63) is 40.8 Å². The SMILES string of the molecule is CCc1cc2c(Nc3cccc(C)c3)nc(NC)nc2s1. The minimum absolute atomic E-state index is 0.641. The molecule has 21 heavy (non-hydrogen) atoms. The molecule has 0 radical (unpaired) electrons. The Bertz CT molecular complexity index is 779. The first-order valence-electron chi connectivity index (χ1n) is 7.01. The van der Waals surface area contributed by atoms with Gasteiger partial charge in [-0.3, -0.25) is 0 Å². The number of aromatic nitrogens is 2. The Morgan fingerprint density at radius 1 is 1.19 bits per heavy atom. The number of thiophene rings is 1. The lowest BCUT2D eigenvalue weighted by atomic mass is 10.2. The van der Waals surface area contributed by atoms with Crippen molar-refractivity contribution in [1.82, 2.24) is 9.97 Å². The first-order valence-corrected chi connectivity index (χ1v) is 7.83. The summed E-state index contributed by atoms with van der Waals surface area (Å²) in [4.78, 5) is 11.4. The minimum Gasteiger partial charge on any atom is -0.357 e. The zero-order valence-corrected chi connectivity index (χ0v) is 13.2. The number of benzene rings is 1. The molecule has 0 aliphatic heterocycles. The fourth-order valence-electron chi connectivity index (χ4n) is 2.21. The number of hydrogen-bond donors (Lipinski definition) is 2. The Balaban J connectivity index is 2.09. The van der Waals surface area contributed by atoms with E-state index >= 15 is 0 Å². The standard InChI is InChI=1S/C16H18N4S/c1-4-12-9-13-14(18-11-7-5-6-10(2)8-11)19-16(17-3)20-15(13)21-12/h5-9H,4H2,1-3H3,(H2,17,18,19,20). The molecule has 1 aromatic carbocycles. The molecule has 2 heterocycles. The average Bonchev–Trinajstić information content (AvgIpc) is 2.90. The number of nitrogens with one attached hydrogen (secondary N) is 2. The van der Waals surface area contributed by atoms with Crippen LogP contribution in [0.1, 0.15) is 17.4 Å². The smallest absolute Gasteiger partial charge is 0.225 e. The van der Waals surface area contributed by atoms with Crippen LogP contribution < -0.4 is 10.6 Å². The van der Waals surface area contributed by atoms with E-state index in [1.54, 1.807) is 11.3 Å². The molecule has 4 nitrogen and oxygen atoms in total. The van der Waals surface area contributed by atoms with Gasteiger partial charge in [-0.25, -0.2) is 4.98 Å². The van der Waals surface area contributed by atoms with E-state index in [1.807, 2.05) is 19.2 Å². The van der Waals surface area contributed by atoms with Gasteiger partial charge in [-0.15, -0.1) is 11.3 Å². The van der Waals surface area contributed by atoms with Gasteiger partial charge in [0.05, 0.1) is 5.39 Å². The molecular weight excluding hydrogens is 280 g/mol. The van der Waals surface area contributed by atoms with E-state index < -0.39 is 0 Å². The van der Waals surface area contributed by atoms with Gasteiger partial charge in [-0.05, 0) is 37.1 Å². The predicted octanol–water partition coefficient (Wildman–Crippen LogP) is 4.35. The van der Waals surface area contributed by atoms with Crippen molar-refractivity contribution < 1.29 is 0 Å². The minimum atomic E-state index is 0.641. The van der Waals surface area contributed by atoms with E-state index in [1.165, 1.54) is 10.4 Å². The van der Waals surface area contributed by atoms with Crippen molar-refractivity contribution in [3.63, 3.8) is 0 Å². The average molecular weight is 298 g/mol. The summed E-state index contributed by atoms with van der Waals surface area (Å²) in [5.74, 6) is 1.49. The molecule has 0 amide bonds. The van der Waals surface area contributed by atoms with Crippen molar-refractivity contribution in [1.29, 1.82) is 0 Å². The van der Waals surface area contributed by atoms with Gasteiger partial charge in [0.2, 0.25) is 5.95 Å². The molecule has 108 valence electrons. The summed E-state index contributed by atoms with van der Waals surface area (Å²) in [7, 11) is 1.84. The Kier molecular flexibility index (Phi) is 3.75. The van der Waals surface area contributed by atoms with Crippen LogP contribution in [0.15, 0.2) is 30.3 Å². The van der Waals surface area contributed by atoms with Crippen LogP contribution in [0, 0.1) is 6.92 Å². The topological polar surface area (TPSA) is 49.8 Å². The van der Waals surface area contributed by atoms with E-state index in [2.05, 4.69) is 52.6 Å². The molecule has 5 heteroatoms. The lowest BCUT2D eigenvalue weighted by molar-refractivity contribution is 1.19. The van der Waals surface area contributed by atoms with Gasteiger partial charge in [0, 0.05) is 17.6 Å². The highest BCUT2D eigenvalue weighted by Gasteiger charge is 2.11. The van der Waals surface area contributed by atoms with Crippen LogP contribution in [-0.2, 0) is 6.42 Å². The number of hydrogen-bond acceptors (Lipinski definition) is 5. The fourth-order valence-corrected chi connectivity index (χ4v) is 3.18. The van der Waals surface area contributed by atoms with Gasteiger partial charge in [-0.1, -0.05) is 19.1 Å². The summed E-state index contributed by atoms with van der Waals surface area (Å²) in [6.45, 7) is 4.24. The van der Waals surface area contributed by atoms with Crippen LogP contribution in [0.3, 0.4) is 0 Å². The number of anilines is 3. The molecule has 0 atom stereocenters. The molecule has 0 unspecified atom stereocenters. The fraction of sp³-hybridized carbons (Fsp3) is 0.250. The van der Waals surface area contributed by atoms with Crippen LogP contribution in [-0.4, -0.2) is 17.0 Å². The number of aryl methyl sites for hydroxylation is 2. The zero-order valence-electron chi connectivity index (χ0n) is 12.4. The second-order valence-corrected chi connectivity index (χ2v) is 6.04. The number of rotatable bonds is 4. The van der Waals surface area contributed by atoms with Crippen LogP contribution in [0.25, 0.3) is 10.2 Å². The Labute approximate surface area is 128 Å². The van der Waals surface area contributed by atoms with E-state index in [0.717, 1.165) is 28.1 Å². The monoisotopic (exact) mass is 298 g/mol. The maximum absolute atomic E-state index is 4.57. The van der Waals surface area contributed by atoms with Crippen LogP contribution in [0.5, 0.6) is 0 Å². The van der Waals surface area contributed by atoms with Crippen LogP contribution in [0.2, 0.25) is 0 Å². The maximum Gasteiger partial charge on any atom is 0.225 e. The predicted molar refractivity (Wildman–Crippen MR) is 90.8 cm³/mol. The molecule has 0 fully saturated rings. The highest BCUT2D eigenvalue weighted by Crippen LogP contribution is 2.32. The number of fused-ring (bicyclic) bond motifs is 1. The van der Waals surface area contributed by atoms with E-state index in [9.17, 15) is 0 Å². The summed E-state index contributed by atoms with van der Waals surface area (Å²) in [5, 5.41) is 7.52. The lowest BCUT2D eigenvalue weighted by Crippen LogP contribution is -2.00. The van der Waals surface area contributed by atoms with E-state index in [-0.39, 0.29) is 0 Å². The first-order chi connectivity index (χ1) is 10.2. The third-order valence-corrected chi connectivity index (χ3v) is 4.47. The van der Waals surface area contributed by atoms with Gasteiger partial charge in [0.25, 0.3) is 0 Å². The second kappa shape index (κ2) is 5.69. The Hall–Kier alpha value is -2.14. The van der Waals surface area contributed by atoms with E-state index in [0.29, 0.717) is 5.95 Å². The molecule has 0 aliphatic carbocycles. The summed E-state index contributed by atoms with van der Waals surface area (Å²) in [6.07, 6.45) is 1.01. The maximum atomic E-state index is 4.57. The molecule has 0 spiro atoms. The summed E-state index contributed by atoms with van der Waals surface area (Å²) < 4.78 is 0. The van der Waals surface area contributed by atoms with Crippen molar-refractivity contribution in [2.24, 2.45) is 0 Å². The normalized spacial score (nSPS) is 10.8. The summed E-state index contributed by atoms with van der Waals surface area (Å²) >= 11 is 1.72. The molecule has 3 rings (SSSR count). The van der Waals surface area contributed by atoms with Crippen LogP contribution >= 0.6 is 11.3 Å². The quantitative estimate of drug-likeness (QED) is 0.752. The molecule has 0 bridgehead atoms. The van der Waals surface area contributed by atoms with Gasteiger partial charge >= 0.3 is 0 Å². The van der Waals surface area contributed by atoms with Crippen molar-refractivity contribution in [3.8, 4) is 0 Å². The largest absolute Gasteiger partial charge is 0.357 e. The van der Waals surface area contributed by atoms with Crippen molar-refractivity contribution >= 4 is 39.0 Å². The van der Waals surface area contributed by atoms with Gasteiger partial charge in [0.15, 0.2) is 0 Å². The molecular formula is C16H18N4S. The number of nitrogens with zero attached hydrogens (tertiary/aromatic N) is 2. The lowest BCUT2D eigenvalue weighted by Gasteiger charge is -2.09. The van der Waals surface area contributed by atoms with E-state index in [4.69, 9.17) is 0 Å². The van der Waals surface area contributed by atoms with Crippen LogP contribution in [0.4, 0.5) is 17.5 Å². The van der Waals surface area contributed by atoms with Crippen molar-refractivity contribution in [2.75, 3.05) is 17.7 Å². The summed E-state index contributed by atoms with van der Waals surface area (Å²) in [6, 6.07) is 10.5. The highest BCUT2D eigenvalue weighted by atomic mass is 32.1. The second-order valence-electron chi connectivity index (χ2n) is 4.93. The zero-order chi connectivity index (χ0) is 14.8. The van der Waals surface area contributed by atoms with Crippen molar-refractivity contribution in [2.45, 2.75) is 20.3 Å². The first kappa shape index (κ1) is 13.8. The third kappa shape index (κ3) is 2.83. The van der Waals surface area contributed by atoms with Gasteiger partial charge in [-0.2, -0.15) is 4.98 Å². The highest BCUT2D eigenvalue weighted by molar-refractivity contribution is 7.18. The molecule has 2 N–H and O–H groups in total. The Morgan fingerprint density at radius 2 is 2.05 bits per heavy atom. The summed E-state index contributed by atoms with van der Waals surface area (Å²) in [5.41, 5.74) is 2.26. The van der Waals surface area contributed by atoms with Gasteiger partial charge in [0.1, 0.15) is 10.6 Å². The molecule has 3 aromatic rings. The molecule has 0 saturated heterocycles. The third-order valence-electron chi connectivity index (χ3n) is 3.30. The molecule has 2 aromatic heterocycles. The Morgan fingerprint density at radius 3 is 2.76 bits per heavy atom. The molecule has 0 aliphatic rings. The van der Waals surface area contributed by atoms with Gasteiger partial charge < -0.3 is 10.6 Å².